The molecule has 0 aliphatic carbocycles. The molecule has 0 radical (unpaired) electrons. The molecular weight excluding hydrogens is 393 g/mol. The smallest absolute Gasteiger partial charge is 0.337 e. The van der Waals surface area contributed by atoms with Crippen LogP contribution in [0.1, 0.15) is 27.0 Å². The summed E-state index contributed by atoms with van der Waals surface area (Å²) in [6.45, 7) is 3.36. The van der Waals surface area contributed by atoms with Gasteiger partial charge in [0.25, 0.3) is 10.0 Å². The van der Waals surface area contributed by atoms with Crippen LogP contribution in [0.5, 0.6) is 0 Å². The van der Waals surface area contributed by atoms with Crippen molar-refractivity contribution in [3.05, 3.63) is 94.8 Å². The molecule has 0 saturated carbocycles. The Bertz CT molecular complexity index is 1140. The second-order valence-corrected chi connectivity index (χ2v) is 8.60. The highest BCUT2D eigenvalue weighted by Gasteiger charge is 2.30. The molecule has 0 spiro atoms. The molecule has 3 rings (SSSR count). The second-order valence-electron chi connectivity index (χ2n) is 6.73. The van der Waals surface area contributed by atoms with E-state index in [0.29, 0.717) is 16.7 Å². The van der Waals surface area contributed by atoms with Gasteiger partial charge in [-0.2, -0.15) is 0 Å². The number of benzene rings is 3. The quantitative estimate of drug-likeness (QED) is 0.644. The third-order valence-corrected chi connectivity index (χ3v) is 6.26. The van der Waals surface area contributed by atoms with Gasteiger partial charge in [-0.25, -0.2) is 17.6 Å². The van der Waals surface area contributed by atoms with Crippen LogP contribution in [0.4, 0.5) is 10.1 Å². The van der Waals surface area contributed by atoms with Gasteiger partial charge in [0.1, 0.15) is 5.82 Å². The van der Waals surface area contributed by atoms with E-state index >= 15 is 0 Å². The molecule has 0 saturated heterocycles. The summed E-state index contributed by atoms with van der Waals surface area (Å²) < 4.78 is 41.4. The number of carboxylic acids is 1. The fourth-order valence-corrected chi connectivity index (χ4v) is 4.76. The van der Waals surface area contributed by atoms with Crippen molar-refractivity contribution in [3.63, 3.8) is 0 Å². The summed E-state index contributed by atoms with van der Waals surface area (Å²) >= 11 is 0. The summed E-state index contributed by atoms with van der Waals surface area (Å²) in [7, 11) is -4.16. The lowest BCUT2D eigenvalue weighted by Crippen LogP contribution is -2.32. The molecule has 0 fully saturated rings. The Morgan fingerprint density at radius 3 is 2.21 bits per heavy atom. The van der Waals surface area contributed by atoms with Crippen LogP contribution >= 0.6 is 0 Å². The molecule has 5 nitrogen and oxygen atoms in total. The summed E-state index contributed by atoms with van der Waals surface area (Å²) in [4.78, 5) is 11.8. The number of hydrogen-bond acceptors (Lipinski definition) is 3. The predicted molar refractivity (Wildman–Crippen MR) is 109 cm³/mol. The number of halogens is 1. The van der Waals surface area contributed by atoms with E-state index in [2.05, 4.69) is 0 Å². The average Bonchev–Trinajstić information content (AvgIpc) is 2.67. The minimum absolute atomic E-state index is 0.0648. The van der Waals surface area contributed by atoms with E-state index < -0.39 is 21.8 Å². The number of hydrogen-bond donors (Lipinski definition) is 1. The maximum Gasteiger partial charge on any atom is 0.337 e. The number of carbonyl (C=O) groups is 1. The number of anilines is 1. The van der Waals surface area contributed by atoms with E-state index in [4.69, 9.17) is 0 Å². The Balaban J connectivity index is 2.25. The van der Waals surface area contributed by atoms with Crippen molar-refractivity contribution in [2.45, 2.75) is 25.3 Å². The Labute approximate surface area is 169 Å². The van der Waals surface area contributed by atoms with Gasteiger partial charge in [0, 0.05) is 0 Å². The fourth-order valence-electron chi connectivity index (χ4n) is 3.22. The Hall–Kier alpha value is -3.19. The van der Waals surface area contributed by atoms with E-state index in [1.54, 1.807) is 44.2 Å². The highest BCUT2D eigenvalue weighted by atomic mass is 32.2. The van der Waals surface area contributed by atoms with E-state index in [0.717, 1.165) is 16.4 Å². The van der Waals surface area contributed by atoms with Gasteiger partial charge in [0.15, 0.2) is 0 Å². The summed E-state index contributed by atoms with van der Waals surface area (Å²) in [5.41, 5.74) is 1.90. The van der Waals surface area contributed by atoms with Crippen LogP contribution in [0.25, 0.3) is 0 Å². The molecule has 150 valence electrons. The lowest BCUT2D eigenvalue weighted by atomic mass is 10.0. The van der Waals surface area contributed by atoms with Crippen molar-refractivity contribution in [2.24, 2.45) is 0 Å². The third-order valence-electron chi connectivity index (χ3n) is 4.50. The van der Waals surface area contributed by atoms with Gasteiger partial charge in [-0.05, 0) is 60.9 Å². The first-order valence-electron chi connectivity index (χ1n) is 8.87. The van der Waals surface area contributed by atoms with Crippen molar-refractivity contribution < 1.29 is 22.7 Å². The maximum absolute atomic E-state index is 13.5. The molecule has 0 amide bonds. The molecule has 0 unspecified atom stereocenters. The third kappa shape index (κ3) is 4.30. The molecule has 0 bridgehead atoms. The predicted octanol–water partition coefficient (Wildman–Crippen LogP) is 4.54. The van der Waals surface area contributed by atoms with Gasteiger partial charge in [-0.15, -0.1) is 0 Å². The molecule has 29 heavy (non-hydrogen) atoms. The Morgan fingerprint density at radius 1 is 1.00 bits per heavy atom. The van der Waals surface area contributed by atoms with Crippen LogP contribution in [0.3, 0.4) is 0 Å². The summed E-state index contributed by atoms with van der Waals surface area (Å²) in [6.07, 6.45) is 0. The monoisotopic (exact) mass is 413 g/mol. The second kappa shape index (κ2) is 8.05. The first-order valence-corrected chi connectivity index (χ1v) is 10.3. The number of rotatable bonds is 6. The van der Waals surface area contributed by atoms with Gasteiger partial charge < -0.3 is 5.11 Å². The first-order chi connectivity index (χ1) is 13.7. The standard InChI is InChI=1S/C22H20FNO4S/c1-15-12-16(2)21(20(13-15)22(25)26)24(14-17-6-4-3-5-7-17)29(27,28)19-10-8-18(23)9-11-19/h3-13H,14H2,1-2H3,(H,25,26). The van der Waals surface area contributed by atoms with E-state index in [1.165, 1.54) is 18.2 Å². The SMILES string of the molecule is Cc1cc(C)c(N(Cc2ccccc2)S(=O)(=O)c2ccc(F)cc2)c(C(=O)O)c1. The zero-order chi connectivity index (χ0) is 21.2. The molecule has 0 aliphatic rings. The molecule has 0 aliphatic heterocycles. The summed E-state index contributed by atoms with van der Waals surface area (Å²) in [5, 5.41) is 9.73. The highest BCUT2D eigenvalue weighted by molar-refractivity contribution is 7.92. The van der Waals surface area contributed by atoms with Crippen LogP contribution in [-0.4, -0.2) is 19.5 Å². The van der Waals surface area contributed by atoms with Gasteiger partial charge in [-0.1, -0.05) is 36.4 Å². The van der Waals surface area contributed by atoms with Crippen molar-refractivity contribution in [1.29, 1.82) is 0 Å². The zero-order valence-electron chi connectivity index (χ0n) is 16.0. The largest absolute Gasteiger partial charge is 0.478 e. The van der Waals surface area contributed by atoms with Crippen molar-refractivity contribution >= 4 is 21.7 Å². The highest BCUT2D eigenvalue weighted by Crippen LogP contribution is 2.33. The summed E-state index contributed by atoms with van der Waals surface area (Å²) in [5.74, 6) is -1.78. The molecule has 0 atom stereocenters. The van der Waals surface area contributed by atoms with Gasteiger partial charge in [0.05, 0.1) is 22.7 Å². The Kier molecular flexibility index (Phi) is 5.70. The van der Waals surface area contributed by atoms with Crippen LogP contribution in [0.2, 0.25) is 0 Å². The maximum atomic E-state index is 13.5. The van der Waals surface area contributed by atoms with Gasteiger partial charge in [-0.3, -0.25) is 4.31 Å². The molecule has 0 heterocycles. The molecule has 3 aromatic carbocycles. The molecule has 7 heteroatoms. The normalized spacial score (nSPS) is 11.3. The Morgan fingerprint density at radius 2 is 1.62 bits per heavy atom. The number of aryl methyl sites for hydroxylation is 2. The molecular formula is C22H20FNO4S. The van der Waals surface area contributed by atoms with E-state index in [1.807, 2.05) is 6.07 Å². The van der Waals surface area contributed by atoms with Gasteiger partial charge in [0.2, 0.25) is 0 Å². The van der Waals surface area contributed by atoms with Gasteiger partial charge >= 0.3 is 5.97 Å². The minimum atomic E-state index is -4.16. The van der Waals surface area contributed by atoms with E-state index in [-0.39, 0.29) is 22.7 Å². The molecule has 0 aromatic heterocycles. The number of sulfonamides is 1. The summed E-state index contributed by atoms with van der Waals surface area (Å²) in [6, 6.07) is 16.5. The first kappa shape index (κ1) is 20.5. The number of aromatic carboxylic acids is 1. The van der Waals surface area contributed by atoms with Crippen LogP contribution in [-0.2, 0) is 16.6 Å². The minimum Gasteiger partial charge on any atom is -0.478 e. The number of carboxylic acid groups (broad SMARTS) is 1. The molecule has 1 N–H and O–H groups in total. The van der Waals surface area contributed by atoms with E-state index in [9.17, 15) is 22.7 Å². The van der Waals surface area contributed by atoms with Crippen molar-refractivity contribution in [1.82, 2.24) is 0 Å². The van der Waals surface area contributed by atoms with Crippen molar-refractivity contribution in [3.8, 4) is 0 Å². The fraction of sp³-hybridized carbons (Fsp3) is 0.136. The lowest BCUT2D eigenvalue weighted by molar-refractivity contribution is 0.0697. The average molecular weight is 413 g/mol. The van der Waals surface area contributed by atoms with Crippen LogP contribution < -0.4 is 4.31 Å². The lowest BCUT2D eigenvalue weighted by Gasteiger charge is -2.28. The zero-order valence-corrected chi connectivity index (χ0v) is 16.8. The number of nitrogens with zero attached hydrogens (tertiary/aromatic N) is 1. The molecule has 3 aromatic rings. The topological polar surface area (TPSA) is 74.7 Å². The van der Waals surface area contributed by atoms with Crippen LogP contribution in [0, 0.1) is 19.7 Å². The van der Waals surface area contributed by atoms with Crippen molar-refractivity contribution in [2.75, 3.05) is 4.31 Å². The van der Waals surface area contributed by atoms with Crippen LogP contribution in [0.15, 0.2) is 71.6 Å².